The number of fused-ring (bicyclic) bond motifs is 2. The van der Waals surface area contributed by atoms with Crippen LogP contribution in [0.2, 0.25) is 0 Å². The van der Waals surface area contributed by atoms with E-state index in [1.807, 2.05) is 12.3 Å². The second kappa shape index (κ2) is 7.50. The Hall–Kier alpha value is -2.90. The van der Waals surface area contributed by atoms with Gasteiger partial charge in [0.2, 0.25) is 0 Å². The van der Waals surface area contributed by atoms with Gasteiger partial charge in [-0.3, -0.25) is 9.89 Å². The van der Waals surface area contributed by atoms with Crippen LogP contribution < -0.4 is 0 Å². The molecule has 3 aliphatic rings. The summed E-state index contributed by atoms with van der Waals surface area (Å²) in [6, 6.07) is 5.35. The molecule has 0 spiro atoms. The highest BCUT2D eigenvalue weighted by molar-refractivity contribution is 5.98. The van der Waals surface area contributed by atoms with Gasteiger partial charge < -0.3 is 14.5 Å². The highest BCUT2D eigenvalue weighted by Gasteiger charge is 2.38. The van der Waals surface area contributed by atoms with Crippen LogP contribution in [-0.2, 0) is 4.74 Å². The topological polar surface area (TPSA) is 91.4 Å². The zero-order valence-corrected chi connectivity index (χ0v) is 16.3. The number of aromatic nitrogens is 3. The van der Waals surface area contributed by atoms with E-state index in [0.717, 1.165) is 23.9 Å². The molecule has 1 aliphatic carbocycles. The SMILES string of the molecule is O=C(c1ccc2[nH]nnc2c1)N1C=C2CN(C(=O)OCC3CCCCC3)C[C@@H]2C1. The van der Waals surface area contributed by atoms with Gasteiger partial charge in [0.1, 0.15) is 5.52 Å². The third-order valence-electron chi connectivity index (χ3n) is 6.34. The van der Waals surface area contributed by atoms with Crippen molar-refractivity contribution in [3.63, 3.8) is 0 Å². The lowest BCUT2D eigenvalue weighted by Gasteiger charge is -2.23. The molecular weight excluding hydrogens is 370 g/mol. The number of H-pyrrole nitrogens is 1. The van der Waals surface area contributed by atoms with Crippen LogP contribution in [0.1, 0.15) is 42.5 Å². The minimum absolute atomic E-state index is 0.0526. The Morgan fingerprint density at radius 3 is 2.86 bits per heavy atom. The van der Waals surface area contributed by atoms with E-state index in [0.29, 0.717) is 43.2 Å². The average molecular weight is 395 g/mol. The predicted molar refractivity (Wildman–Crippen MR) is 106 cm³/mol. The molecule has 1 aromatic heterocycles. The summed E-state index contributed by atoms with van der Waals surface area (Å²) in [5, 5.41) is 10.5. The van der Waals surface area contributed by atoms with Crippen LogP contribution in [0, 0.1) is 11.8 Å². The number of ether oxygens (including phenoxy) is 1. The lowest BCUT2D eigenvalue weighted by atomic mass is 9.90. The first-order valence-electron chi connectivity index (χ1n) is 10.4. The van der Waals surface area contributed by atoms with E-state index in [2.05, 4.69) is 15.4 Å². The molecular formula is C21H25N5O3. The molecule has 2 aliphatic heterocycles. The summed E-state index contributed by atoms with van der Waals surface area (Å²) in [5.41, 5.74) is 3.19. The lowest BCUT2D eigenvalue weighted by Crippen LogP contribution is -2.34. The van der Waals surface area contributed by atoms with Gasteiger partial charge >= 0.3 is 6.09 Å². The van der Waals surface area contributed by atoms with Gasteiger partial charge in [0.25, 0.3) is 5.91 Å². The number of likely N-dealkylation sites (tertiary alicyclic amines) is 1. The highest BCUT2D eigenvalue weighted by Crippen LogP contribution is 2.31. The summed E-state index contributed by atoms with van der Waals surface area (Å²) in [4.78, 5) is 28.8. The number of rotatable bonds is 3. The molecule has 29 heavy (non-hydrogen) atoms. The molecule has 0 radical (unpaired) electrons. The van der Waals surface area contributed by atoms with Crippen molar-refractivity contribution < 1.29 is 14.3 Å². The van der Waals surface area contributed by atoms with Crippen LogP contribution in [0.25, 0.3) is 11.0 Å². The summed E-state index contributed by atoms with van der Waals surface area (Å²) >= 11 is 0. The minimum Gasteiger partial charge on any atom is -0.449 e. The molecule has 8 heteroatoms. The Labute approximate surface area is 168 Å². The standard InChI is InChI=1S/C21H25N5O3/c27-20(15-6-7-18-19(8-15)23-24-22-18)25-9-16-11-26(12-17(16)10-25)21(28)29-13-14-4-2-1-3-5-14/h6-9,14,17H,1-5,10-13H2,(H,22,23,24)/t17-/m0/s1. The molecule has 1 saturated heterocycles. The van der Waals surface area contributed by atoms with Crippen LogP contribution in [0.4, 0.5) is 4.79 Å². The molecule has 5 rings (SSSR count). The monoisotopic (exact) mass is 395 g/mol. The predicted octanol–water partition coefficient (Wildman–Crippen LogP) is 2.95. The molecule has 1 aromatic carbocycles. The van der Waals surface area contributed by atoms with Crippen molar-refractivity contribution in [2.45, 2.75) is 32.1 Å². The van der Waals surface area contributed by atoms with Crippen LogP contribution in [0.3, 0.4) is 0 Å². The molecule has 1 N–H and O–H groups in total. The summed E-state index contributed by atoms with van der Waals surface area (Å²) in [6.07, 6.45) is 7.79. The molecule has 2 aromatic rings. The van der Waals surface area contributed by atoms with Crippen molar-refractivity contribution in [3.05, 3.63) is 35.5 Å². The van der Waals surface area contributed by atoms with Crippen molar-refractivity contribution in [1.29, 1.82) is 0 Å². The maximum atomic E-state index is 12.9. The molecule has 1 atom stereocenters. The van der Waals surface area contributed by atoms with E-state index in [1.54, 1.807) is 21.9 Å². The van der Waals surface area contributed by atoms with Gasteiger partial charge in [-0.15, -0.1) is 5.10 Å². The fourth-order valence-electron chi connectivity index (χ4n) is 4.66. The molecule has 8 nitrogen and oxygen atoms in total. The second-order valence-corrected chi connectivity index (χ2v) is 8.36. The summed E-state index contributed by atoms with van der Waals surface area (Å²) in [6.45, 7) is 2.29. The van der Waals surface area contributed by atoms with Crippen LogP contribution in [0.15, 0.2) is 30.0 Å². The van der Waals surface area contributed by atoms with Gasteiger partial charge in [0.15, 0.2) is 0 Å². The van der Waals surface area contributed by atoms with E-state index < -0.39 is 0 Å². The Kier molecular flexibility index (Phi) is 4.69. The molecule has 1 saturated carbocycles. The van der Waals surface area contributed by atoms with Gasteiger partial charge in [-0.05, 0) is 42.5 Å². The summed E-state index contributed by atoms with van der Waals surface area (Å²) < 4.78 is 5.57. The molecule has 2 amide bonds. The fraction of sp³-hybridized carbons (Fsp3) is 0.524. The molecule has 152 valence electrons. The van der Waals surface area contributed by atoms with E-state index >= 15 is 0 Å². The minimum atomic E-state index is -0.222. The van der Waals surface area contributed by atoms with Crippen molar-refractivity contribution in [3.8, 4) is 0 Å². The molecule has 2 fully saturated rings. The normalized spacial score (nSPS) is 22.1. The molecule has 0 bridgehead atoms. The number of amides is 2. The first kappa shape index (κ1) is 18.1. The number of carbonyl (C=O) groups is 2. The maximum Gasteiger partial charge on any atom is 0.410 e. The third-order valence-corrected chi connectivity index (χ3v) is 6.34. The van der Waals surface area contributed by atoms with E-state index in [9.17, 15) is 9.59 Å². The second-order valence-electron chi connectivity index (χ2n) is 8.36. The van der Waals surface area contributed by atoms with Crippen molar-refractivity contribution in [1.82, 2.24) is 25.2 Å². The zero-order valence-electron chi connectivity index (χ0n) is 16.3. The van der Waals surface area contributed by atoms with Crippen molar-refractivity contribution in [2.75, 3.05) is 26.2 Å². The van der Waals surface area contributed by atoms with Crippen molar-refractivity contribution in [2.24, 2.45) is 11.8 Å². The summed E-state index contributed by atoms with van der Waals surface area (Å²) in [7, 11) is 0. The van der Waals surface area contributed by atoms with Gasteiger partial charge in [-0.25, -0.2) is 4.79 Å². The number of carbonyl (C=O) groups excluding carboxylic acids is 2. The van der Waals surface area contributed by atoms with Gasteiger partial charge in [0, 0.05) is 37.3 Å². The van der Waals surface area contributed by atoms with Crippen LogP contribution in [0.5, 0.6) is 0 Å². The third kappa shape index (κ3) is 3.59. The summed E-state index contributed by atoms with van der Waals surface area (Å²) in [5.74, 6) is 0.657. The van der Waals surface area contributed by atoms with Crippen LogP contribution in [-0.4, -0.2) is 63.5 Å². The Bertz CT molecular complexity index is 962. The average Bonchev–Trinajstić information content (AvgIpc) is 3.46. The maximum absolute atomic E-state index is 12.9. The number of aromatic amines is 1. The number of nitrogens with zero attached hydrogens (tertiary/aromatic N) is 4. The van der Waals surface area contributed by atoms with Crippen LogP contribution >= 0.6 is 0 Å². The first-order valence-corrected chi connectivity index (χ1v) is 10.4. The Morgan fingerprint density at radius 2 is 2.03 bits per heavy atom. The highest BCUT2D eigenvalue weighted by atomic mass is 16.6. The van der Waals surface area contributed by atoms with E-state index in [1.165, 1.54) is 19.3 Å². The largest absolute Gasteiger partial charge is 0.449 e. The van der Waals surface area contributed by atoms with Gasteiger partial charge in [0.05, 0.1) is 12.1 Å². The van der Waals surface area contributed by atoms with Gasteiger partial charge in [-0.1, -0.05) is 24.5 Å². The number of nitrogens with one attached hydrogen (secondary N) is 1. The number of hydrogen-bond donors (Lipinski definition) is 1. The molecule has 3 heterocycles. The number of hydrogen-bond acceptors (Lipinski definition) is 5. The van der Waals surface area contributed by atoms with E-state index in [-0.39, 0.29) is 17.9 Å². The Morgan fingerprint density at radius 1 is 1.17 bits per heavy atom. The number of benzene rings is 1. The fourth-order valence-corrected chi connectivity index (χ4v) is 4.66. The Balaban J connectivity index is 1.18. The molecule has 0 unspecified atom stereocenters. The quantitative estimate of drug-likeness (QED) is 0.863. The zero-order chi connectivity index (χ0) is 19.8. The van der Waals surface area contributed by atoms with Gasteiger partial charge in [-0.2, -0.15) is 0 Å². The smallest absolute Gasteiger partial charge is 0.410 e. The first-order chi connectivity index (χ1) is 14.2. The van der Waals surface area contributed by atoms with Crippen molar-refractivity contribution >= 4 is 23.0 Å². The van der Waals surface area contributed by atoms with E-state index in [4.69, 9.17) is 4.74 Å². The lowest BCUT2D eigenvalue weighted by molar-refractivity contribution is 0.0799.